The normalized spacial score (nSPS) is 29.9. The van der Waals surface area contributed by atoms with E-state index in [-0.39, 0.29) is 58.9 Å². The van der Waals surface area contributed by atoms with Crippen molar-refractivity contribution >= 4 is 26.5 Å². The van der Waals surface area contributed by atoms with E-state index in [4.69, 9.17) is 27.8 Å². The number of aliphatic hydroxyl groups is 1. The average molecular weight is 851 g/mol. The molecule has 0 amide bonds. The lowest BCUT2D eigenvalue weighted by molar-refractivity contribution is -0.0782. The molecule has 4 unspecified atom stereocenters. The van der Waals surface area contributed by atoms with Gasteiger partial charge >= 0.3 is 0 Å². The van der Waals surface area contributed by atoms with Crippen molar-refractivity contribution in [2.24, 2.45) is 11.8 Å². The predicted molar refractivity (Wildman–Crippen MR) is 235 cm³/mol. The van der Waals surface area contributed by atoms with Crippen molar-refractivity contribution in [2.75, 3.05) is 26.1 Å². The Balaban J connectivity index is 1.59. The average Bonchev–Trinajstić information content (AvgIpc) is 3.63. The molecule has 0 aliphatic carbocycles. The van der Waals surface area contributed by atoms with Crippen molar-refractivity contribution in [1.82, 2.24) is 0 Å². The summed E-state index contributed by atoms with van der Waals surface area (Å²) in [5.74, 6) is -0.324. The molecule has 57 heavy (non-hydrogen) atoms. The summed E-state index contributed by atoms with van der Waals surface area (Å²) in [5, 5.41) is 9.32. The first kappa shape index (κ1) is 48.5. The number of hydrogen-bond donors (Lipinski definition) is 1. The molecule has 1 aromatic rings. The molecule has 0 spiro atoms. The third kappa shape index (κ3) is 12.7. The highest BCUT2D eigenvalue weighted by atomic mass is 32.2. The zero-order chi connectivity index (χ0) is 42.6. The third-order valence-corrected chi connectivity index (χ3v) is 24.7. The minimum absolute atomic E-state index is 0.000157. The summed E-state index contributed by atoms with van der Waals surface area (Å²) < 4.78 is 68.6. The maximum atomic E-state index is 14.1. The van der Waals surface area contributed by atoms with Crippen molar-refractivity contribution in [3.8, 4) is 0 Å². The van der Waals surface area contributed by atoms with Gasteiger partial charge in [0.15, 0.2) is 26.5 Å². The summed E-state index contributed by atoms with van der Waals surface area (Å²) in [6.07, 6.45) is 4.12. The fourth-order valence-electron chi connectivity index (χ4n) is 8.08. The van der Waals surface area contributed by atoms with Crippen LogP contribution in [0.25, 0.3) is 0 Å². The zero-order valence-corrected chi connectivity index (χ0v) is 40.3. The molecule has 0 aromatic heterocycles. The van der Waals surface area contributed by atoms with Crippen LogP contribution in [0.1, 0.15) is 99.8 Å². The smallest absolute Gasteiger partial charge is 0.192 e. The number of ether oxygens (including phenoxy) is 4. The van der Waals surface area contributed by atoms with E-state index in [1.54, 1.807) is 31.4 Å². The van der Waals surface area contributed by atoms with Crippen LogP contribution in [0.15, 0.2) is 59.5 Å². The van der Waals surface area contributed by atoms with Crippen LogP contribution in [0.4, 0.5) is 0 Å². The molecule has 0 bridgehead atoms. The number of benzene rings is 1. The molecule has 3 saturated heterocycles. The van der Waals surface area contributed by atoms with Crippen LogP contribution in [0.3, 0.4) is 0 Å². The number of sulfone groups is 1. The molecule has 0 radical (unpaired) electrons. The fraction of sp³-hybridized carbons (Fsp3) is 0.778. The van der Waals surface area contributed by atoms with Gasteiger partial charge in [-0.05, 0) is 104 Å². The van der Waals surface area contributed by atoms with Gasteiger partial charge in [-0.3, -0.25) is 0 Å². The molecule has 9 nitrogen and oxygen atoms in total. The van der Waals surface area contributed by atoms with Crippen LogP contribution in [0.2, 0.25) is 36.3 Å². The first-order valence-corrected chi connectivity index (χ1v) is 28.9. The summed E-state index contributed by atoms with van der Waals surface area (Å²) in [4.78, 5) is 0.297. The van der Waals surface area contributed by atoms with E-state index >= 15 is 0 Å². The molecule has 10 atom stereocenters. The summed E-state index contributed by atoms with van der Waals surface area (Å²) in [5.41, 5.74) is 2.14. The van der Waals surface area contributed by atoms with E-state index in [1.807, 2.05) is 6.07 Å². The number of methoxy groups -OCH3 is 1. The second-order valence-corrected chi connectivity index (χ2v) is 31.8. The molecule has 1 aromatic carbocycles. The summed E-state index contributed by atoms with van der Waals surface area (Å²) in [7, 11) is -6.35. The molecule has 12 heteroatoms. The molecule has 0 saturated carbocycles. The standard InChI is InChI=1S/C45H78O9SSi2/c1-31-25-35(22-23-39-32(2)26-34(51-39)19-18-24-46)52-40(33(31)3)28-41-38(30-55(47,48)37-20-16-15-17-21-37)43(49-10)42(53-41)27-36(54-57(13,14)45(7,8)9)29-50-56(11,12)44(4,5)6/h15-17,20-21,31,34-36,38-43,46H,2-3,18-19,22-30H2,1,4-14H3/t31-,34+,35+,36+,38?,39?,40?,41+,42?,43-/m1/s1. The topological polar surface area (TPSA) is 110 Å². The van der Waals surface area contributed by atoms with Crippen LogP contribution in [-0.4, -0.2) is 105 Å². The van der Waals surface area contributed by atoms with Gasteiger partial charge in [0.2, 0.25) is 0 Å². The summed E-state index contributed by atoms with van der Waals surface area (Å²) >= 11 is 0. The van der Waals surface area contributed by atoms with Crippen LogP contribution >= 0.6 is 0 Å². The van der Waals surface area contributed by atoms with Gasteiger partial charge in [-0.15, -0.1) is 0 Å². The largest absolute Gasteiger partial charge is 0.414 e. The quantitative estimate of drug-likeness (QED) is 0.108. The Kier molecular flexibility index (Phi) is 16.7. The van der Waals surface area contributed by atoms with Crippen LogP contribution in [0.5, 0.6) is 0 Å². The molecule has 3 fully saturated rings. The monoisotopic (exact) mass is 850 g/mol. The second-order valence-electron chi connectivity index (χ2n) is 20.2. The van der Waals surface area contributed by atoms with Gasteiger partial charge in [-0.1, -0.05) is 79.8 Å². The molecule has 3 aliphatic heterocycles. The van der Waals surface area contributed by atoms with Crippen molar-refractivity contribution in [2.45, 2.75) is 190 Å². The lowest BCUT2D eigenvalue weighted by Crippen LogP contribution is -2.49. The lowest BCUT2D eigenvalue weighted by Gasteiger charge is -2.42. The Morgan fingerprint density at radius 1 is 0.877 bits per heavy atom. The van der Waals surface area contributed by atoms with Gasteiger partial charge in [0, 0.05) is 32.5 Å². The van der Waals surface area contributed by atoms with E-state index in [0.717, 1.165) is 49.7 Å². The SMILES string of the molecule is C=C1C[C@H](CCCO)OC1CC[C@H]1C[C@@H](C)C(=C)C(C[C@@H]2OC(C[C@@H](CO[Si](C)(C)C(C)(C)C)O[Si](C)(C)C(C)(C)C)[C@H](OC)C2CS(=O)(=O)c2ccccc2)O1. The first-order valence-electron chi connectivity index (χ1n) is 21.4. The number of rotatable bonds is 19. The fourth-order valence-corrected chi connectivity index (χ4v) is 12.1. The number of aliphatic hydroxyl groups excluding tert-OH is 1. The first-order chi connectivity index (χ1) is 26.4. The highest BCUT2D eigenvalue weighted by molar-refractivity contribution is 7.91. The molecule has 3 aliphatic rings. The van der Waals surface area contributed by atoms with E-state index < -0.39 is 50.7 Å². The molecule has 326 valence electrons. The van der Waals surface area contributed by atoms with E-state index in [9.17, 15) is 13.5 Å². The van der Waals surface area contributed by atoms with Crippen LogP contribution < -0.4 is 0 Å². The van der Waals surface area contributed by atoms with Crippen LogP contribution in [0, 0.1) is 11.8 Å². The lowest BCUT2D eigenvalue weighted by atomic mass is 9.83. The van der Waals surface area contributed by atoms with Crippen molar-refractivity contribution in [3.63, 3.8) is 0 Å². The number of hydrogen-bond acceptors (Lipinski definition) is 9. The zero-order valence-electron chi connectivity index (χ0n) is 37.5. The van der Waals surface area contributed by atoms with Gasteiger partial charge in [0.05, 0.1) is 66.1 Å². The Hall–Kier alpha value is -1.20. The highest BCUT2D eigenvalue weighted by Crippen LogP contribution is 2.44. The van der Waals surface area contributed by atoms with E-state index in [1.165, 1.54) is 0 Å². The van der Waals surface area contributed by atoms with Crippen molar-refractivity contribution in [1.29, 1.82) is 0 Å². The minimum atomic E-state index is -3.68. The van der Waals surface area contributed by atoms with Gasteiger partial charge in [-0.25, -0.2) is 8.42 Å². The molecular formula is C45H78O9SSi2. The predicted octanol–water partition coefficient (Wildman–Crippen LogP) is 9.67. The Labute approximate surface area is 348 Å². The summed E-state index contributed by atoms with van der Waals surface area (Å²) in [6, 6.07) is 8.68. The van der Waals surface area contributed by atoms with Gasteiger partial charge in [0.1, 0.15) is 0 Å². The van der Waals surface area contributed by atoms with Crippen molar-refractivity contribution < 1.29 is 41.3 Å². The molecule has 3 heterocycles. The van der Waals surface area contributed by atoms with Crippen molar-refractivity contribution in [3.05, 3.63) is 54.6 Å². The Bertz CT molecular complexity index is 1570. The molecule has 4 rings (SSSR count). The van der Waals surface area contributed by atoms with E-state index in [2.05, 4.69) is 87.8 Å². The molecule has 1 N–H and O–H groups in total. The third-order valence-electron chi connectivity index (χ3n) is 13.8. The van der Waals surface area contributed by atoms with Gasteiger partial charge in [0.25, 0.3) is 0 Å². The molecular weight excluding hydrogens is 773 g/mol. The van der Waals surface area contributed by atoms with Gasteiger partial charge in [-0.2, -0.15) is 0 Å². The Morgan fingerprint density at radius 2 is 1.51 bits per heavy atom. The van der Waals surface area contributed by atoms with Gasteiger partial charge < -0.3 is 32.9 Å². The maximum absolute atomic E-state index is 14.1. The maximum Gasteiger partial charge on any atom is 0.192 e. The Morgan fingerprint density at radius 3 is 2.11 bits per heavy atom. The summed E-state index contributed by atoms with van der Waals surface area (Å²) in [6.45, 7) is 34.2. The minimum Gasteiger partial charge on any atom is -0.414 e. The van der Waals surface area contributed by atoms with E-state index in [0.29, 0.717) is 24.3 Å². The second kappa shape index (κ2) is 19.7. The highest BCUT2D eigenvalue weighted by Gasteiger charge is 2.50. The van der Waals surface area contributed by atoms with Crippen LogP contribution in [-0.2, 0) is 37.6 Å².